The molecule has 3 unspecified atom stereocenters. The summed E-state index contributed by atoms with van der Waals surface area (Å²) in [5.41, 5.74) is 2.33. The molecule has 3 rings (SSSR count). The zero-order chi connectivity index (χ0) is 11.1. The van der Waals surface area contributed by atoms with Crippen LogP contribution in [0.25, 0.3) is 0 Å². The molecule has 0 aromatic heterocycles. The van der Waals surface area contributed by atoms with E-state index >= 15 is 0 Å². The number of hydrogen-bond donors (Lipinski definition) is 1. The minimum atomic E-state index is -0.0913. The van der Waals surface area contributed by atoms with Gasteiger partial charge in [-0.1, -0.05) is 12.1 Å². The van der Waals surface area contributed by atoms with E-state index in [4.69, 9.17) is 9.47 Å². The van der Waals surface area contributed by atoms with Gasteiger partial charge in [-0.15, -0.1) is 0 Å². The summed E-state index contributed by atoms with van der Waals surface area (Å²) < 4.78 is 11.2. The summed E-state index contributed by atoms with van der Waals surface area (Å²) in [5.74, 6) is 0.805. The van der Waals surface area contributed by atoms with Crippen LogP contribution in [0.3, 0.4) is 0 Å². The summed E-state index contributed by atoms with van der Waals surface area (Å²) in [6, 6.07) is 5.76. The van der Waals surface area contributed by atoms with E-state index in [2.05, 4.69) is 6.07 Å². The van der Waals surface area contributed by atoms with Crippen molar-refractivity contribution in [3.05, 3.63) is 29.3 Å². The molecule has 1 saturated heterocycles. The van der Waals surface area contributed by atoms with Crippen LogP contribution in [0.5, 0.6) is 5.75 Å². The first kappa shape index (κ1) is 10.1. The molecule has 1 aliphatic carbocycles. The molecule has 1 heterocycles. The topological polar surface area (TPSA) is 38.7 Å². The summed E-state index contributed by atoms with van der Waals surface area (Å²) in [6.45, 7) is 2.60. The van der Waals surface area contributed by atoms with Crippen molar-refractivity contribution in [2.45, 2.75) is 38.1 Å². The van der Waals surface area contributed by atoms with E-state index in [-0.39, 0.29) is 12.4 Å². The van der Waals surface area contributed by atoms with Gasteiger partial charge in [0.15, 0.2) is 6.29 Å². The van der Waals surface area contributed by atoms with Crippen LogP contribution in [-0.2, 0) is 15.9 Å². The maximum absolute atomic E-state index is 9.77. The number of phenolic OH excluding ortho intramolecular Hbond substituents is 1. The van der Waals surface area contributed by atoms with Crippen LogP contribution in [0, 0.1) is 0 Å². The highest BCUT2D eigenvalue weighted by Crippen LogP contribution is 2.41. The molecule has 0 bridgehead atoms. The van der Waals surface area contributed by atoms with Gasteiger partial charge in [-0.05, 0) is 37.0 Å². The zero-order valence-electron chi connectivity index (χ0n) is 9.35. The lowest BCUT2D eigenvalue weighted by Gasteiger charge is -2.17. The number of aromatic hydroxyl groups is 1. The third kappa shape index (κ3) is 1.51. The SMILES string of the molecule is CC1OCC(C2CCc3c(O)cccc32)O1. The van der Waals surface area contributed by atoms with E-state index in [0.29, 0.717) is 18.3 Å². The summed E-state index contributed by atoms with van der Waals surface area (Å²) in [5, 5.41) is 9.77. The van der Waals surface area contributed by atoms with Crippen molar-refractivity contribution in [1.29, 1.82) is 0 Å². The predicted octanol–water partition coefficient (Wildman–Crippen LogP) is 2.18. The van der Waals surface area contributed by atoms with Crippen molar-refractivity contribution in [1.82, 2.24) is 0 Å². The summed E-state index contributed by atoms with van der Waals surface area (Å²) in [6.07, 6.45) is 2.05. The lowest BCUT2D eigenvalue weighted by molar-refractivity contribution is -0.0463. The van der Waals surface area contributed by atoms with Crippen molar-refractivity contribution in [2.24, 2.45) is 0 Å². The van der Waals surface area contributed by atoms with E-state index in [1.807, 2.05) is 13.0 Å². The van der Waals surface area contributed by atoms with E-state index in [1.165, 1.54) is 5.56 Å². The Balaban J connectivity index is 1.89. The van der Waals surface area contributed by atoms with Gasteiger partial charge in [0.05, 0.1) is 12.7 Å². The monoisotopic (exact) mass is 220 g/mol. The predicted molar refractivity (Wildman–Crippen MR) is 59.5 cm³/mol. The molecule has 3 nitrogen and oxygen atoms in total. The lowest BCUT2D eigenvalue weighted by Crippen LogP contribution is -2.19. The minimum Gasteiger partial charge on any atom is -0.508 e. The van der Waals surface area contributed by atoms with E-state index in [9.17, 15) is 5.11 Å². The number of benzene rings is 1. The first-order valence-corrected chi connectivity index (χ1v) is 5.83. The fraction of sp³-hybridized carbons (Fsp3) is 0.538. The number of ether oxygens (including phenoxy) is 2. The molecule has 86 valence electrons. The van der Waals surface area contributed by atoms with Gasteiger partial charge in [0.1, 0.15) is 5.75 Å². The van der Waals surface area contributed by atoms with Crippen LogP contribution >= 0.6 is 0 Å². The van der Waals surface area contributed by atoms with Crippen LogP contribution in [0.4, 0.5) is 0 Å². The molecule has 2 aliphatic rings. The molecular formula is C13H16O3. The van der Waals surface area contributed by atoms with Gasteiger partial charge < -0.3 is 14.6 Å². The molecular weight excluding hydrogens is 204 g/mol. The van der Waals surface area contributed by atoms with Crippen LogP contribution in [0.2, 0.25) is 0 Å². The number of hydrogen-bond acceptors (Lipinski definition) is 3. The average Bonchev–Trinajstić information content (AvgIpc) is 2.84. The fourth-order valence-electron chi connectivity index (χ4n) is 2.82. The Hall–Kier alpha value is -1.06. The Morgan fingerprint density at radius 3 is 3.00 bits per heavy atom. The quantitative estimate of drug-likeness (QED) is 0.788. The highest BCUT2D eigenvalue weighted by atomic mass is 16.7. The second kappa shape index (κ2) is 3.75. The Morgan fingerprint density at radius 2 is 2.25 bits per heavy atom. The van der Waals surface area contributed by atoms with Crippen molar-refractivity contribution < 1.29 is 14.6 Å². The number of rotatable bonds is 1. The van der Waals surface area contributed by atoms with Gasteiger partial charge in [0.2, 0.25) is 0 Å². The maximum Gasteiger partial charge on any atom is 0.155 e. The second-order valence-corrected chi connectivity index (χ2v) is 4.57. The maximum atomic E-state index is 9.77. The third-order valence-corrected chi connectivity index (χ3v) is 3.60. The third-order valence-electron chi connectivity index (χ3n) is 3.60. The van der Waals surface area contributed by atoms with Crippen LogP contribution in [0.15, 0.2) is 18.2 Å². The Morgan fingerprint density at radius 1 is 1.38 bits per heavy atom. The van der Waals surface area contributed by atoms with Crippen molar-refractivity contribution >= 4 is 0 Å². The molecule has 1 aromatic rings. The largest absolute Gasteiger partial charge is 0.508 e. The van der Waals surface area contributed by atoms with Gasteiger partial charge in [-0.25, -0.2) is 0 Å². The highest BCUT2D eigenvalue weighted by molar-refractivity contribution is 5.45. The van der Waals surface area contributed by atoms with Gasteiger partial charge in [0.25, 0.3) is 0 Å². The summed E-state index contributed by atoms with van der Waals surface area (Å²) in [7, 11) is 0. The summed E-state index contributed by atoms with van der Waals surface area (Å²) >= 11 is 0. The molecule has 0 saturated carbocycles. The van der Waals surface area contributed by atoms with Crippen molar-refractivity contribution in [3.8, 4) is 5.75 Å². The van der Waals surface area contributed by atoms with Gasteiger partial charge in [-0.3, -0.25) is 0 Å². The first-order chi connectivity index (χ1) is 7.75. The fourth-order valence-corrected chi connectivity index (χ4v) is 2.82. The minimum absolute atomic E-state index is 0.0913. The molecule has 16 heavy (non-hydrogen) atoms. The molecule has 0 spiro atoms. The Labute approximate surface area is 95.0 Å². The second-order valence-electron chi connectivity index (χ2n) is 4.57. The molecule has 3 heteroatoms. The van der Waals surface area contributed by atoms with E-state index < -0.39 is 0 Å². The van der Waals surface area contributed by atoms with Crippen LogP contribution in [0.1, 0.15) is 30.4 Å². The van der Waals surface area contributed by atoms with Gasteiger partial charge in [-0.2, -0.15) is 0 Å². The van der Waals surface area contributed by atoms with Gasteiger partial charge >= 0.3 is 0 Å². The molecule has 0 radical (unpaired) electrons. The molecule has 0 amide bonds. The van der Waals surface area contributed by atoms with E-state index in [0.717, 1.165) is 18.4 Å². The molecule has 1 aliphatic heterocycles. The Kier molecular flexibility index (Phi) is 2.37. The van der Waals surface area contributed by atoms with Gasteiger partial charge in [0, 0.05) is 5.92 Å². The summed E-state index contributed by atoms with van der Waals surface area (Å²) in [4.78, 5) is 0. The molecule has 3 atom stereocenters. The van der Waals surface area contributed by atoms with E-state index in [1.54, 1.807) is 6.07 Å². The smallest absolute Gasteiger partial charge is 0.155 e. The highest BCUT2D eigenvalue weighted by Gasteiger charge is 2.36. The Bertz CT molecular complexity index is 402. The van der Waals surface area contributed by atoms with Crippen molar-refractivity contribution in [3.63, 3.8) is 0 Å². The van der Waals surface area contributed by atoms with Crippen molar-refractivity contribution in [2.75, 3.05) is 6.61 Å². The molecule has 1 fully saturated rings. The standard InChI is InChI=1S/C13H16O3/c1-8-15-7-13(16-8)11-6-5-10-9(11)3-2-4-12(10)14/h2-4,8,11,13-14H,5-7H2,1H3. The van der Waals surface area contributed by atoms with Crippen LogP contribution < -0.4 is 0 Å². The molecule has 1 aromatic carbocycles. The normalized spacial score (nSPS) is 32.9. The van der Waals surface area contributed by atoms with Crippen LogP contribution in [-0.4, -0.2) is 24.1 Å². The zero-order valence-corrected chi connectivity index (χ0v) is 9.35. The average molecular weight is 220 g/mol. The number of fused-ring (bicyclic) bond motifs is 1. The number of phenols is 1. The molecule has 1 N–H and O–H groups in total. The lowest BCUT2D eigenvalue weighted by atomic mass is 9.95. The first-order valence-electron chi connectivity index (χ1n) is 5.83.